The number of anilines is 1. The predicted octanol–water partition coefficient (Wildman–Crippen LogP) is 3.79. The van der Waals surface area contributed by atoms with Crippen LogP contribution >= 0.6 is 0 Å². The van der Waals surface area contributed by atoms with Crippen LogP contribution in [0.25, 0.3) is 17.0 Å². The van der Waals surface area contributed by atoms with Gasteiger partial charge in [-0.05, 0) is 30.3 Å². The SMILES string of the molecule is O=C(Nc1cccc(F)c1)c1cn2cc(-c3noc(C(F)(F)F)n3)ccc2n1. The molecule has 7 nitrogen and oxygen atoms in total. The summed E-state index contributed by atoms with van der Waals surface area (Å²) in [6.45, 7) is 0. The highest BCUT2D eigenvalue weighted by atomic mass is 19.4. The number of nitrogens with zero attached hydrogens (tertiary/aromatic N) is 4. The maximum Gasteiger partial charge on any atom is 0.471 e. The van der Waals surface area contributed by atoms with Crippen molar-refractivity contribution in [2.24, 2.45) is 0 Å². The molecular weight excluding hydrogens is 382 g/mol. The summed E-state index contributed by atoms with van der Waals surface area (Å²) >= 11 is 0. The van der Waals surface area contributed by atoms with Crippen molar-refractivity contribution in [2.45, 2.75) is 6.18 Å². The molecule has 0 atom stereocenters. The summed E-state index contributed by atoms with van der Waals surface area (Å²) in [7, 11) is 0. The van der Waals surface area contributed by atoms with Gasteiger partial charge < -0.3 is 14.2 Å². The number of carbonyl (C=O) groups excluding carboxylic acids is 1. The van der Waals surface area contributed by atoms with E-state index in [0.29, 0.717) is 5.65 Å². The van der Waals surface area contributed by atoms with Gasteiger partial charge in [0.25, 0.3) is 5.91 Å². The van der Waals surface area contributed by atoms with Gasteiger partial charge in [-0.3, -0.25) is 4.79 Å². The van der Waals surface area contributed by atoms with Crippen LogP contribution in [0.2, 0.25) is 0 Å². The lowest BCUT2D eigenvalue weighted by Crippen LogP contribution is -2.12. The molecule has 1 aromatic carbocycles. The Morgan fingerprint density at radius 3 is 2.64 bits per heavy atom. The summed E-state index contributed by atoms with van der Waals surface area (Å²) in [6, 6.07) is 8.29. The maximum absolute atomic E-state index is 13.2. The molecule has 4 aromatic rings. The number of hydrogen-bond donors (Lipinski definition) is 1. The Hall–Kier alpha value is -3.76. The largest absolute Gasteiger partial charge is 0.471 e. The number of carbonyl (C=O) groups is 1. The molecule has 0 spiro atoms. The second-order valence-corrected chi connectivity index (χ2v) is 5.69. The lowest BCUT2D eigenvalue weighted by atomic mass is 10.3. The zero-order valence-electron chi connectivity index (χ0n) is 13.7. The third kappa shape index (κ3) is 3.41. The number of halogens is 4. The van der Waals surface area contributed by atoms with E-state index in [2.05, 4.69) is 25.0 Å². The Morgan fingerprint density at radius 1 is 1.11 bits per heavy atom. The Bertz CT molecular complexity index is 1180. The van der Waals surface area contributed by atoms with Crippen LogP contribution in [0, 0.1) is 5.82 Å². The molecule has 0 unspecified atom stereocenters. The van der Waals surface area contributed by atoms with Gasteiger partial charge in [-0.1, -0.05) is 11.2 Å². The van der Waals surface area contributed by atoms with Crippen molar-refractivity contribution in [2.75, 3.05) is 5.32 Å². The molecule has 4 rings (SSSR count). The first kappa shape index (κ1) is 17.6. The second-order valence-electron chi connectivity index (χ2n) is 5.69. The molecule has 3 heterocycles. The number of aromatic nitrogens is 4. The van der Waals surface area contributed by atoms with E-state index in [1.54, 1.807) is 0 Å². The van der Waals surface area contributed by atoms with Gasteiger partial charge in [0.05, 0.1) is 0 Å². The molecule has 0 aliphatic heterocycles. The van der Waals surface area contributed by atoms with Crippen molar-refractivity contribution >= 4 is 17.2 Å². The molecule has 0 aliphatic rings. The third-order valence-electron chi connectivity index (χ3n) is 3.69. The Morgan fingerprint density at radius 2 is 1.93 bits per heavy atom. The van der Waals surface area contributed by atoms with E-state index in [9.17, 15) is 22.4 Å². The van der Waals surface area contributed by atoms with Gasteiger partial charge >= 0.3 is 12.1 Å². The standard InChI is InChI=1S/C17H9F4N5O2/c18-10-2-1-3-11(6-10)22-15(27)12-8-26-7-9(4-5-13(26)23-12)14-24-16(28-25-14)17(19,20)21/h1-8H,(H,22,27). The molecule has 0 bridgehead atoms. The first-order valence-corrected chi connectivity index (χ1v) is 7.76. The van der Waals surface area contributed by atoms with E-state index < -0.39 is 23.8 Å². The first-order chi connectivity index (χ1) is 13.3. The minimum absolute atomic E-state index is 0.0329. The van der Waals surface area contributed by atoms with Crippen molar-refractivity contribution in [3.05, 3.63) is 66.2 Å². The summed E-state index contributed by atoms with van der Waals surface area (Å²) in [5.41, 5.74) is 0.897. The minimum Gasteiger partial charge on any atom is -0.329 e. The number of fused-ring (bicyclic) bond motifs is 1. The number of amides is 1. The number of nitrogens with one attached hydrogen (secondary N) is 1. The van der Waals surface area contributed by atoms with Crippen molar-refractivity contribution < 1.29 is 26.9 Å². The Labute approximate surface area is 153 Å². The van der Waals surface area contributed by atoms with E-state index in [0.717, 1.165) is 6.07 Å². The van der Waals surface area contributed by atoms with Crippen LogP contribution in [0.5, 0.6) is 0 Å². The van der Waals surface area contributed by atoms with E-state index >= 15 is 0 Å². The van der Waals surface area contributed by atoms with Crippen LogP contribution in [0.3, 0.4) is 0 Å². The summed E-state index contributed by atoms with van der Waals surface area (Å²) < 4.78 is 56.6. The van der Waals surface area contributed by atoms with Crippen molar-refractivity contribution in [3.8, 4) is 11.4 Å². The number of imidazole rings is 1. The van der Waals surface area contributed by atoms with Gasteiger partial charge in [-0.25, -0.2) is 9.37 Å². The number of alkyl halides is 3. The molecule has 0 saturated heterocycles. The molecule has 0 aliphatic carbocycles. The molecule has 1 N–H and O–H groups in total. The van der Waals surface area contributed by atoms with Gasteiger partial charge in [-0.2, -0.15) is 18.2 Å². The average Bonchev–Trinajstić information content (AvgIpc) is 3.28. The number of rotatable bonds is 3. The number of benzene rings is 1. The molecule has 28 heavy (non-hydrogen) atoms. The predicted molar refractivity (Wildman–Crippen MR) is 87.8 cm³/mol. The van der Waals surface area contributed by atoms with Gasteiger partial charge in [0.15, 0.2) is 0 Å². The third-order valence-corrected chi connectivity index (χ3v) is 3.69. The highest BCUT2D eigenvalue weighted by molar-refractivity contribution is 6.03. The van der Waals surface area contributed by atoms with Crippen LogP contribution in [0.1, 0.15) is 16.4 Å². The first-order valence-electron chi connectivity index (χ1n) is 7.76. The summed E-state index contributed by atoms with van der Waals surface area (Å²) in [6.07, 6.45) is -1.96. The average molecular weight is 391 g/mol. The van der Waals surface area contributed by atoms with E-state index in [4.69, 9.17) is 0 Å². The second kappa shape index (κ2) is 6.44. The van der Waals surface area contributed by atoms with E-state index in [1.165, 1.54) is 47.1 Å². The van der Waals surface area contributed by atoms with Gasteiger partial charge in [-0.15, -0.1) is 0 Å². The molecule has 142 valence electrons. The lowest BCUT2D eigenvalue weighted by Gasteiger charge is -2.02. The van der Waals surface area contributed by atoms with E-state index in [1.807, 2.05) is 0 Å². The lowest BCUT2D eigenvalue weighted by molar-refractivity contribution is -0.159. The molecule has 0 radical (unpaired) electrons. The van der Waals surface area contributed by atoms with E-state index in [-0.39, 0.29) is 22.8 Å². The highest BCUT2D eigenvalue weighted by Crippen LogP contribution is 2.29. The molecule has 11 heteroatoms. The minimum atomic E-state index is -4.74. The van der Waals surface area contributed by atoms with Gasteiger partial charge in [0.2, 0.25) is 5.82 Å². The van der Waals surface area contributed by atoms with Crippen LogP contribution in [-0.4, -0.2) is 25.4 Å². The molecule has 3 aromatic heterocycles. The molecule has 1 amide bonds. The zero-order chi connectivity index (χ0) is 19.9. The van der Waals surface area contributed by atoms with Crippen LogP contribution < -0.4 is 5.32 Å². The van der Waals surface area contributed by atoms with Crippen molar-refractivity contribution in [1.82, 2.24) is 19.5 Å². The fourth-order valence-electron chi connectivity index (χ4n) is 2.45. The topological polar surface area (TPSA) is 85.3 Å². The van der Waals surface area contributed by atoms with Crippen LogP contribution in [0.4, 0.5) is 23.2 Å². The molecule has 0 saturated carbocycles. The van der Waals surface area contributed by atoms with Crippen molar-refractivity contribution in [3.63, 3.8) is 0 Å². The van der Waals surface area contributed by atoms with Crippen molar-refractivity contribution in [1.29, 1.82) is 0 Å². The normalized spacial score (nSPS) is 11.7. The number of hydrogen-bond acceptors (Lipinski definition) is 5. The molecule has 0 fully saturated rings. The fraction of sp³-hybridized carbons (Fsp3) is 0.0588. The summed E-state index contributed by atoms with van der Waals surface area (Å²) in [5.74, 6) is -2.79. The monoisotopic (exact) mass is 391 g/mol. The summed E-state index contributed by atoms with van der Waals surface area (Å²) in [4.78, 5) is 19.7. The fourth-order valence-corrected chi connectivity index (χ4v) is 2.45. The van der Waals surface area contributed by atoms with Gasteiger partial charge in [0, 0.05) is 23.6 Å². The van der Waals surface area contributed by atoms with Crippen LogP contribution in [0.15, 0.2) is 53.3 Å². The van der Waals surface area contributed by atoms with Crippen LogP contribution in [-0.2, 0) is 6.18 Å². The Balaban J connectivity index is 1.61. The molecular formula is C17H9F4N5O2. The smallest absolute Gasteiger partial charge is 0.329 e. The maximum atomic E-state index is 13.2. The highest BCUT2D eigenvalue weighted by Gasteiger charge is 2.38. The zero-order valence-corrected chi connectivity index (χ0v) is 13.7. The number of pyridine rings is 1. The Kier molecular flexibility index (Phi) is 4.06. The van der Waals surface area contributed by atoms with Gasteiger partial charge in [0.1, 0.15) is 17.2 Å². The quantitative estimate of drug-likeness (QED) is 0.537. The summed E-state index contributed by atoms with van der Waals surface area (Å²) in [5, 5.41) is 5.82.